The highest BCUT2D eigenvalue weighted by atomic mass is 127. The molecule has 1 heterocycles. The van der Waals surface area contributed by atoms with Crippen LogP contribution in [0.25, 0.3) is 0 Å². The number of imide groups is 1. The summed E-state index contributed by atoms with van der Waals surface area (Å²) < 4.78 is 6.30. The predicted octanol–water partition coefficient (Wildman–Crippen LogP) is 6.24. The van der Waals surface area contributed by atoms with Crippen LogP contribution in [-0.2, 0) is 14.3 Å². The van der Waals surface area contributed by atoms with E-state index in [0.717, 1.165) is 26.2 Å². The zero-order valence-electron chi connectivity index (χ0n) is 19.0. The molecule has 0 aliphatic carbocycles. The van der Waals surface area contributed by atoms with Gasteiger partial charge in [-0.1, -0.05) is 43.3 Å². The van der Waals surface area contributed by atoms with E-state index in [0.29, 0.717) is 28.5 Å². The van der Waals surface area contributed by atoms with Crippen LogP contribution in [-0.4, -0.2) is 24.4 Å². The molecular formula is C27H23IN2O4S. The number of nitrogens with one attached hydrogen (secondary N) is 1. The first-order chi connectivity index (χ1) is 17.0. The molecule has 0 bridgehead atoms. The molecule has 0 saturated carbocycles. The van der Waals surface area contributed by atoms with Crippen LogP contribution in [0, 0.1) is 3.57 Å². The van der Waals surface area contributed by atoms with Gasteiger partial charge in [0.25, 0.3) is 11.8 Å². The molecule has 0 aromatic heterocycles. The lowest BCUT2D eigenvalue weighted by Crippen LogP contribution is -2.32. The Morgan fingerprint density at radius 3 is 2.29 bits per heavy atom. The summed E-state index contributed by atoms with van der Waals surface area (Å²) in [5, 5.41) is 3.15. The van der Waals surface area contributed by atoms with E-state index in [4.69, 9.17) is 4.74 Å². The van der Waals surface area contributed by atoms with Crippen molar-refractivity contribution in [3.05, 3.63) is 98.6 Å². The lowest BCUT2D eigenvalue weighted by molar-refractivity contribution is -0.120. The molecule has 1 N–H and O–H groups in total. The number of nitrogens with zero attached hydrogens (tertiary/aromatic N) is 1. The van der Waals surface area contributed by atoms with E-state index < -0.39 is 17.8 Å². The van der Waals surface area contributed by atoms with Crippen molar-refractivity contribution in [2.75, 3.05) is 16.8 Å². The number of thioether (sulfide) groups is 1. The lowest BCUT2D eigenvalue weighted by atomic mass is 10.2. The van der Waals surface area contributed by atoms with Gasteiger partial charge in [0.15, 0.2) is 0 Å². The smallest absolute Gasteiger partial charge is 0.338 e. The monoisotopic (exact) mass is 598 g/mol. The maximum atomic E-state index is 13.5. The van der Waals surface area contributed by atoms with Crippen LogP contribution in [0.5, 0.6) is 0 Å². The largest absolute Gasteiger partial charge is 0.462 e. The number of carbonyl (C=O) groups is 3. The van der Waals surface area contributed by atoms with Crippen molar-refractivity contribution in [3.63, 3.8) is 0 Å². The van der Waals surface area contributed by atoms with Gasteiger partial charge in [0, 0.05) is 14.2 Å². The van der Waals surface area contributed by atoms with Crippen LogP contribution in [0.3, 0.4) is 0 Å². The van der Waals surface area contributed by atoms with E-state index >= 15 is 0 Å². The van der Waals surface area contributed by atoms with Crippen molar-refractivity contribution < 1.29 is 19.1 Å². The van der Waals surface area contributed by atoms with Crippen LogP contribution in [0.2, 0.25) is 0 Å². The summed E-state index contributed by atoms with van der Waals surface area (Å²) in [6.07, 6.45) is 1.73. The molecule has 0 saturated heterocycles. The fourth-order valence-corrected chi connectivity index (χ4v) is 4.68. The molecule has 6 nitrogen and oxygen atoms in total. The minimum atomic E-state index is -0.453. The number of halogens is 1. The number of anilines is 2. The van der Waals surface area contributed by atoms with E-state index in [1.807, 2.05) is 61.5 Å². The number of hydrogen-bond donors (Lipinski definition) is 1. The third-order valence-electron chi connectivity index (χ3n) is 5.21. The predicted molar refractivity (Wildman–Crippen MR) is 146 cm³/mol. The first kappa shape index (κ1) is 25.0. The van der Waals surface area contributed by atoms with E-state index in [1.165, 1.54) is 11.8 Å². The highest BCUT2D eigenvalue weighted by Crippen LogP contribution is 2.37. The number of benzene rings is 3. The first-order valence-electron chi connectivity index (χ1n) is 11.1. The average molecular weight is 598 g/mol. The molecule has 35 heavy (non-hydrogen) atoms. The number of rotatable bonds is 9. The quantitative estimate of drug-likeness (QED) is 0.136. The van der Waals surface area contributed by atoms with Gasteiger partial charge in [0.05, 0.1) is 17.9 Å². The molecule has 0 fully saturated rings. The number of hydrogen-bond acceptors (Lipinski definition) is 6. The Morgan fingerprint density at radius 2 is 1.63 bits per heavy atom. The number of unbranched alkanes of at least 4 members (excludes halogenated alkanes) is 1. The number of amides is 2. The van der Waals surface area contributed by atoms with Gasteiger partial charge >= 0.3 is 5.97 Å². The SMILES string of the molecule is CCCCOC(=O)c1ccc(N2C(=O)C(Nc3ccc(I)cc3)=C(Sc3ccccc3)C2=O)cc1. The molecule has 0 unspecified atom stereocenters. The molecule has 0 radical (unpaired) electrons. The van der Waals surface area contributed by atoms with Crippen LogP contribution in [0.15, 0.2) is 94.4 Å². The Bertz CT molecular complexity index is 1260. The van der Waals surface area contributed by atoms with Crippen molar-refractivity contribution >= 4 is 63.5 Å². The molecule has 1 aliphatic heterocycles. The van der Waals surface area contributed by atoms with Crippen molar-refractivity contribution in [2.24, 2.45) is 0 Å². The summed E-state index contributed by atoms with van der Waals surface area (Å²) >= 11 is 3.45. The highest BCUT2D eigenvalue weighted by Gasteiger charge is 2.40. The van der Waals surface area contributed by atoms with Gasteiger partial charge in [0.2, 0.25) is 0 Å². The molecule has 178 valence electrons. The average Bonchev–Trinajstić information content (AvgIpc) is 3.10. The third kappa shape index (κ3) is 5.94. The molecule has 8 heteroatoms. The minimum Gasteiger partial charge on any atom is -0.462 e. The van der Waals surface area contributed by atoms with Crippen molar-refractivity contribution in [2.45, 2.75) is 24.7 Å². The topological polar surface area (TPSA) is 75.7 Å². The normalized spacial score (nSPS) is 13.4. The molecular weight excluding hydrogens is 575 g/mol. The van der Waals surface area contributed by atoms with Gasteiger partial charge in [-0.15, -0.1) is 0 Å². The number of ether oxygens (including phenoxy) is 1. The second-order valence-corrected chi connectivity index (χ2v) is 10.1. The maximum absolute atomic E-state index is 13.5. The Labute approximate surface area is 221 Å². The maximum Gasteiger partial charge on any atom is 0.338 e. The second-order valence-electron chi connectivity index (χ2n) is 7.73. The van der Waals surface area contributed by atoms with Crippen molar-refractivity contribution in [3.8, 4) is 0 Å². The van der Waals surface area contributed by atoms with Gasteiger partial charge in [-0.25, -0.2) is 9.69 Å². The second kappa shape index (κ2) is 11.5. The summed E-state index contributed by atoms with van der Waals surface area (Å²) in [4.78, 5) is 41.4. The van der Waals surface area contributed by atoms with Crippen molar-refractivity contribution in [1.82, 2.24) is 0 Å². The minimum absolute atomic E-state index is 0.216. The van der Waals surface area contributed by atoms with Crippen LogP contribution in [0.1, 0.15) is 30.1 Å². The van der Waals surface area contributed by atoms with Crippen LogP contribution < -0.4 is 10.2 Å². The van der Waals surface area contributed by atoms with E-state index in [1.54, 1.807) is 24.3 Å². The molecule has 0 spiro atoms. The van der Waals surface area contributed by atoms with Gasteiger partial charge in [-0.2, -0.15) is 0 Å². The van der Waals surface area contributed by atoms with Crippen LogP contribution in [0.4, 0.5) is 11.4 Å². The Kier molecular flexibility index (Phi) is 8.25. The van der Waals surface area contributed by atoms with Gasteiger partial charge in [-0.05, 0) is 89.7 Å². The summed E-state index contributed by atoms with van der Waals surface area (Å²) in [7, 11) is 0. The third-order valence-corrected chi connectivity index (χ3v) is 7.02. The summed E-state index contributed by atoms with van der Waals surface area (Å²) in [6, 6.07) is 23.3. The number of carbonyl (C=O) groups excluding carboxylic acids is 3. The fourth-order valence-electron chi connectivity index (χ4n) is 3.37. The summed E-state index contributed by atoms with van der Waals surface area (Å²) in [6.45, 7) is 2.38. The van der Waals surface area contributed by atoms with Gasteiger partial charge in [0.1, 0.15) is 10.6 Å². The van der Waals surface area contributed by atoms with Gasteiger partial charge < -0.3 is 10.1 Å². The first-order valence-corrected chi connectivity index (χ1v) is 13.0. The standard InChI is InChI=1S/C27H23IN2O4S/c1-2-3-17-34-27(33)18-9-15-21(16-10-18)30-25(31)23(29-20-13-11-19(28)12-14-20)24(26(30)32)35-22-7-5-4-6-8-22/h4-16,29H,2-3,17H2,1H3. The molecule has 3 aromatic rings. The van der Waals surface area contributed by atoms with E-state index in [2.05, 4.69) is 27.9 Å². The Morgan fingerprint density at radius 1 is 0.943 bits per heavy atom. The lowest BCUT2D eigenvalue weighted by Gasteiger charge is -2.16. The molecule has 1 aliphatic rings. The Hall–Kier alpha value is -3.11. The Balaban J connectivity index is 1.61. The van der Waals surface area contributed by atoms with Crippen LogP contribution >= 0.6 is 34.4 Å². The van der Waals surface area contributed by atoms with E-state index in [-0.39, 0.29) is 5.70 Å². The van der Waals surface area contributed by atoms with Crippen molar-refractivity contribution in [1.29, 1.82) is 0 Å². The summed E-state index contributed by atoms with van der Waals surface area (Å²) in [5.41, 5.74) is 1.68. The number of esters is 1. The van der Waals surface area contributed by atoms with Gasteiger partial charge in [-0.3, -0.25) is 9.59 Å². The van der Waals surface area contributed by atoms with E-state index in [9.17, 15) is 14.4 Å². The highest BCUT2D eigenvalue weighted by molar-refractivity contribution is 14.1. The molecule has 4 rings (SSSR count). The fraction of sp³-hybridized carbons (Fsp3) is 0.148. The molecule has 2 amide bonds. The zero-order valence-corrected chi connectivity index (χ0v) is 22.0. The zero-order chi connectivity index (χ0) is 24.8. The molecule has 3 aromatic carbocycles. The molecule has 0 atom stereocenters. The summed E-state index contributed by atoms with van der Waals surface area (Å²) in [5.74, 6) is -1.30.